The standard InChI is InChI=1S/C16H25N3O4S/c1-5-23-15-7-6-14(12-13(15)2)16(20)18-8-10-19(11-9-18)24(21,22)17(3)4/h6-7,12H,5,8-11H2,1-4H3. The monoisotopic (exact) mass is 355 g/mol. The van der Waals surface area contributed by atoms with E-state index < -0.39 is 10.2 Å². The summed E-state index contributed by atoms with van der Waals surface area (Å²) in [6, 6.07) is 5.37. The van der Waals surface area contributed by atoms with E-state index in [1.807, 2.05) is 19.9 Å². The number of benzene rings is 1. The van der Waals surface area contributed by atoms with Gasteiger partial charge in [-0.3, -0.25) is 4.79 Å². The highest BCUT2D eigenvalue weighted by molar-refractivity contribution is 7.86. The smallest absolute Gasteiger partial charge is 0.281 e. The quantitative estimate of drug-likeness (QED) is 0.789. The molecule has 1 aromatic carbocycles. The van der Waals surface area contributed by atoms with Gasteiger partial charge < -0.3 is 9.64 Å². The minimum absolute atomic E-state index is 0.0805. The number of hydrogen-bond acceptors (Lipinski definition) is 4. The minimum atomic E-state index is -3.42. The number of nitrogens with zero attached hydrogens (tertiary/aromatic N) is 3. The largest absolute Gasteiger partial charge is 0.494 e. The number of hydrogen-bond donors (Lipinski definition) is 0. The Bertz CT molecular complexity index is 695. The summed E-state index contributed by atoms with van der Waals surface area (Å²) in [6.45, 7) is 5.79. The first-order chi connectivity index (χ1) is 11.3. The Labute approximate surface area is 144 Å². The highest BCUT2D eigenvalue weighted by Gasteiger charge is 2.30. The molecule has 24 heavy (non-hydrogen) atoms. The van der Waals surface area contributed by atoms with E-state index in [2.05, 4.69) is 0 Å². The lowest BCUT2D eigenvalue weighted by atomic mass is 10.1. The molecule has 8 heteroatoms. The van der Waals surface area contributed by atoms with Crippen LogP contribution in [-0.2, 0) is 10.2 Å². The number of carbonyl (C=O) groups is 1. The summed E-state index contributed by atoms with van der Waals surface area (Å²) in [4.78, 5) is 14.3. The van der Waals surface area contributed by atoms with Crippen LogP contribution in [0.25, 0.3) is 0 Å². The number of ether oxygens (including phenoxy) is 1. The molecule has 1 aliphatic rings. The lowest BCUT2D eigenvalue weighted by Gasteiger charge is -2.35. The molecule has 0 N–H and O–H groups in total. The van der Waals surface area contributed by atoms with Crippen LogP contribution in [0.1, 0.15) is 22.8 Å². The van der Waals surface area contributed by atoms with Crippen molar-refractivity contribution >= 4 is 16.1 Å². The van der Waals surface area contributed by atoms with E-state index in [0.717, 1.165) is 11.3 Å². The van der Waals surface area contributed by atoms with Crippen LogP contribution in [0.3, 0.4) is 0 Å². The average molecular weight is 355 g/mol. The molecule has 1 fully saturated rings. The van der Waals surface area contributed by atoms with Crippen molar-refractivity contribution in [1.82, 2.24) is 13.5 Å². The molecule has 0 atom stereocenters. The molecule has 0 aliphatic carbocycles. The Kier molecular flexibility index (Phi) is 5.84. The van der Waals surface area contributed by atoms with Crippen LogP contribution in [0.2, 0.25) is 0 Å². The van der Waals surface area contributed by atoms with Gasteiger partial charge in [-0.05, 0) is 37.6 Å². The van der Waals surface area contributed by atoms with Crippen LogP contribution in [0.15, 0.2) is 18.2 Å². The SMILES string of the molecule is CCOc1ccc(C(=O)N2CCN(S(=O)(=O)N(C)C)CC2)cc1C. The molecule has 0 radical (unpaired) electrons. The topological polar surface area (TPSA) is 70.2 Å². The van der Waals surface area contributed by atoms with E-state index in [1.54, 1.807) is 17.0 Å². The van der Waals surface area contributed by atoms with E-state index in [4.69, 9.17) is 4.74 Å². The van der Waals surface area contributed by atoms with E-state index in [-0.39, 0.29) is 5.91 Å². The molecule has 1 heterocycles. The molecule has 7 nitrogen and oxygen atoms in total. The molecular weight excluding hydrogens is 330 g/mol. The zero-order chi connectivity index (χ0) is 17.9. The molecule has 1 aromatic rings. The van der Waals surface area contributed by atoms with Crippen molar-refractivity contribution < 1.29 is 17.9 Å². The number of aryl methyl sites for hydroxylation is 1. The van der Waals surface area contributed by atoms with Crippen molar-refractivity contribution in [3.63, 3.8) is 0 Å². The zero-order valence-corrected chi connectivity index (χ0v) is 15.5. The molecule has 1 saturated heterocycles. The third kappa shape index (κ3) is 3.88. The number of piperazine rings is 1. The predicted molar refractivity (Wildman–Crippen MR) is 92.4 cm³/mol. The van der Waals surface area contributed by atoms with E-state index in [1.165, 1.54) is 22.7 Å². The molecular formula is C16H25N3O4S. The second-order valence-corrected chi connectivity index (χ2v) is 8.04. The molecule has 0 saturated carbocycles. The van der Waals surface area contributed by atoms with Gasteiger partial charge in [-0.15, -0.1) is 0 Å². The third-order valence-corrected chi connectivity index (χ3v) is 5.98. The molecule has 1 aliphatic heterocycles. The molecule has 0 aromatic heterocycles. The number of amides is 1. The first kappa shape index (κ1) is 18.7. The van der Waals surface area contributed by atoms with Gasteiger partial charge in [0.2, 0.25) is 0 Å². The van der Waals surface area contributed by atoms with Crippen molar-refractivity contribution in [1.29, 1.82) is 0 Å². The summed E-state index contributed by atoms with van der Waals surface area (Å²) in [5.74, 6) is 0.694. The van der Waals surface area contributed by atoms with Gasteiger partial charge in [0.25, 0.3) is 16.1 Å². The maximum atomic E-state index is 12.6. The lowest BCUT2D eigenvalue weighted by molar-refractivity contribution is 0.0695. The second kappa shape index (κ2) is 7.50. The van der Waals surface area contributed by atoms with Crippen molar-refractivity contribution in [3.05, 3.63) is 29.3 Å². The summed E-state index contributed by atoms with van der Waals surface area (Å²) < 4.78 is 32.3. The fourth-order valence-electron chi connectivity index (χ4n) is 2.64. The van der Waals surface area contributed by atoms with Crippen LogP contribution < -0.4 is 4.74 Å². The second-order valence-electron chi connectivity index (χ2n) is 5.89. The van der Waals surface area contributed by atoms with Gasteiger partial charge in [0.1, 0.15) is 5.75 Å². The molecule has 2 rings (SSSR count). The maximum Gasteiger partial charge on any atom is 0.281 e. The molecule has 0 unspecified atom stereocenters. The normalized spacial score (nSPS) is 16.5. The van der Waals surface area contributed by atoms with E-state index in [0.29, 0.717) is 38.3 Å². The highest BCUT2D eigenvalue weighted by atomic mass is 32.2. The minimum Gasteiger partial charge on any atom is -0.494 e. The van der Waals surface area contributed by atoms with Gasteiger partial charge in [0.15, 0.2) is 0 Å². The zero-order valence-electron chi connectivity index (χ0n) is 14.7. The Balaban J connectivity index is 2.04. The number of rotatable bonds is 5. The first-order valence-electron chi connectivity index (χ1n) is 7.97. The van der Waals surface area contributed by atoms with Crippen LogP contribution in [0.4, 0.5) is 0 Å². The van der Waals surface area contributed by atoms with Gasteiger partial charge >= 0.3 is 0 Å². The summed E-state index contributed by atoms with van der Waals surface area (Å²) in [5, 5.41) is 0. The van der Waals surface area contributed by atoms with Crippen molar-refractivity contribution in [2.45, 2.75) is 13.8 Å². The van der Waals surface area contributed by atoms with Gasteiger partial charge in [0, 0.05) is 45.8 Å². The fourth-order valence-corrected chi connectivity index (χ4v) is 3.72. The van der Waals surface area contributed by atoms with Crippen LogP contribution >= 0.6 is 0 Å². The number of carbonyl (C=O) groups excluding carboxylic acids is 1. The van der Waals surface area contributed by atoms with Crippen LogP contribution in [0, 0.1) is 6.92 Å². The molecule has 134 valence electrons. The molecule has 0 spiro atoms. The molecule has 0 bridgehead atoms. The van der Waals surface area contributed by atoms with Gasteiger partial charge in [-0.1, -0.05) is 0 Å². The third-order valence-electron chi connectivity index (χ3n) is 4.04. The Morgan fingerprint density at radius 1 is 1.21 bits per heavy atom. The Morgan fingerprint density at radius 3 is 2.33 bits per heavy atom. The summed E-state index contributed by atoms with van der Waals surface area (Å²) in [7, 11) is -0.401. The van der Waals surface area contributed by atoms with Crippen molar-refractivity contribution in [2.75, 3.05) is 46.9 Å². The van der Waals surface area contributed by atoms with Crippen molar-refractivity contribution in [3.8, 4) is 5.75 Å². The van der Waals surface area contributed by atoms with E-state index in [9.17, 15) is 13.2 Å². The average Bonchev–Trinajstić information content (AvgIpc) is 2.56. The molecule has 1 amide bonds. The Morgan fingerprint density at radius 2 is 1.83 bits per heavy atom. The summed E-state index contributed by atoms with van der Waals surface area (Å²) in [5.41, 5.74) is 1.51. The Hall–Kier alpha value is -1.64. The van der Waals surface area contributed by atoms with Crippen LogP contribution in [-0.4, -0.2) is 74.7 Å². The van der Waals surface area contributed by atoms with Gasteiger partial charge in [0.05, 0.1) is 6.61 Å². The van der Waals surface area contributed by atoms with Crippen molar-refractivity contribution in [2.24, 2.45) is 0 Å². The predicted octanol–water partition coefficient (Wildman–Crippen LogP) is 0.958. The lowest BCUT2D eigenvalue weighted by Crippen LogP contribution is -2.53. The van der Waals surface area contributed by atoms with Crippen LogP contribution in [0.5, 0.6) is 5.75 Å². The summed E-state index contributed by atoms with van der Waals surface area (Å²) in [6.07, 6.45) is 0. The first-order valence-corrected chi connectivity index (χ1v) is 9.37. The highest BCUT2D eigenvalue weighted by Crippen LogP contribution is 2.21. The summed E-state index contributed by atoms with van der Waals surface area (Å²) >= 11 is 0. The van der Waals surface area contributed by atoms with E-state index >= 15 is 0 Å². The van der Waals surface area contributed by atoms with Gasteiger partial charge in [-0.25, -0.2) is 0 Å². The maximum absolute atomic E-state index is 12.6. The van der Waals surface area contributed by atoms with Gasteiger partial charge in [-0.2, -0.15) is 17.0 Å². The fraction of sp³-hybridized carbons (Fsp3) is 0.562.